The fourth-order valence-electron chi connectivity index (χ4n) is 4.91. The van der Waals surface area contributed by atoms with E-state index >= 15 is 0 Å². The third-order valence-electron chi connectivity index (χ3n) is 6.30. The minimum atomic E-state index is 0. The highest BCUT2D eigenvalue weighted by Gasteiger charge is 2.36. The first-order valence-corrected chi connectivity index (χ1v) is 12.3. The third-order valence-corrected chi connectivity index (χ3v) is 7.27. The molecule has 0 saturated carbocycles. The van der Waals surface area contributed by atoms with Crippen LogP contribution in [0.3, 0.4) is 0 Å². The van der Waals surface area contributed by atoms with Gasteiger partial charge < -0.3 is 10.2 Å². The van der Waals surface area contributed by atoms with Gasteiger partial charge in [-0.15, -0.1) is 35.3 Å². The zero-order valence-electron chi connectivity index (χ0n) is 18.8. The van der Waals surface area contributed by atoms with Gasteiger partial charge >= 0.3 is 0 Å². The molecule has 7 heteroatoms. The molecule has 170 valence electrons. The molecule has 0 amide bonds. The number of likely N-dealkylation sites (tertiary alicyclic amines) is 2. The van der Waals surface area contributed by atoms with Crippen LogP contribution in [0, 0.1) is 12.8 Å². The van der Waals surface area contributed by atoms with Gasteiger partial charge in [0.2, 0.25) is 0 Å². The molecule has 1 aromatic heterocycles. The molecule has 2 atom stereocenters. The molecule has 3 heterocycles. The van der Waals surface area contributed by atoms with Crippen LogP contribution >= 0.6 is 35.3 Å². The Bertz CT molecular complexity index is 824. The molecule has 5 nitrogen and oxygen atoms in total. The molecule has 1 aromatic carbocycles. The van der Waals surface area contributed by atoms with Crippen LogP contribution in [0.15, 0.2) is 41.5 Å². The Hall–Kier alpha value is -1.19. The summed E-state index contributed by atoms with van der Waals surface area (Å²) in [6, 6.07) is 11.7. The molecule has 2 saturated heterocycles. The molecule has 2 aliphatic heterocycles. The van der Waals surface area contributed by atoms with Crippen molar-refractivity contribution in [3.05, 3.63) is 52.0 Å². The van der Waals surface area contributed by atoms with Gasteiger partial charge in [-0.05, 0) is 51.1 Å². The van der Waals surface area contributed by atoms with E-state index in [2.05, 4.69) is 64.3 Å². The lowest BCUT2D eigenvalue weighted by molar-refractivity contribution is 0.0372. The van der Waals surface area contributed by atoms with E-state index in [1.165, 1.54) is 41.3 Å². The van der Waals surface area contributed by atoms with Crippen molar-refractivity contribution in [1.82, 2.24) is 20.1 Å². The molecular formula is C24H36IN5S. The number of aryl methyl sites for hydroxylation is 1. The summed E-state index contributed by atoms with van der Waals surface area (Å²) in [4.78, 5) is 15.9. The normalized spacial score (nSPS) is 22.0. The van der Waals surface area contributed by atoms with Gasteiger partial charge in [-0.1, -0.05) is 30.3 Å². The highest BCUT2D eigenvalue weighted by atomic mass is 127. The average molecular weight is 554 g/mol. The van der Waals surface area contributed by atoms with Crippen molar-refractivity contribution < 1.29 is 0 Å². The number of hydrogen-bond donors (Lipinski definition) is 1. The summed E-state index contributed by atoms with van der Waals surface area (Å²) in [5.74, 6) is 1.83. The zero-order valence-corrected chi connectivity index (χ0v) is 21.9. The monoisotopic (exact) mass is 553 g/mol. The summed E-state index contributed by atoms with van der Waals surface area (Å²) >= 11 is 1.78. The number of hydrogen-bond acceptors (Lipinski definition) is 4. The molecular weight excluding hydrogens is 517 g/mol. The predicted octanol–water partition coefficient (Wildman–Crippen LogP) is 4.56. The Kier molecular flexibility index (Phi) is 9.59. The smallest absolute Gasteiger partial charge is 0.193 e. The molecule has 0 radical (unpaired) electrons. The standard InChI is InChI=1S/C24H35N5S.HI/c1-3-25-24(26-13-11-23-27-16-19(2)30-23)29-15-12-22-21(18-29)10-7-14-28(22)17-20-8-5-4-6-9-20;/h4-6,8-9,16,21-22H,3,7,10-15,17-18H2,1-2H3,(H,25,26);1H. The van der Waals surface area contributed by atoms with Gasteiger partial charge in [0.1, 0.15) is 0 Å². The average Bonchev–Trinajstić information content (AvgIpc) is 3.19. The molecule has 0 aliphatic carbocycles. The highest BCUT2D eigenvalue weighted by molar-refractivity contribution is 14.0. The summed E-state index contributed by atoms with van der Waals surface area (Å²) < 4.78 is 0. The lowest BCUT2D eigenvalue weighted by Crippen LogP contribution is -2.56. The Labute approximate surface area is 208 Å². The van der Waals surface area contributed by atoms with E-state index in [0.29, 0.717) is 6.04 Å². The number of nitrogens with one attached hydrogen (secondary N) is 1. The van der Waals surface area contributed by atoms with Gasteiger partial charge in [0.25, 0.3) is 0 Å². The first kappa shape index (κ1) is 24.5. The molecule has 0 bridgehead atoms. The van der Waals surface area contributed by atoms with E-state index in [9.17, 15) is 0 Å². The van der Waals surface area contributed by atoms with E-state index in [1.807, 2.05) is 6.20 Å². The number of halogens is 1. The number of aromatic nitrogens is 1. The lowest BCUT2D eigenvalue weighted by atomic mass is 9.83. The number of rotatable bonds is 6. The Morgan fingerprint density at radius 2 is 2.06 bits per heavy atom. The number of piperidine rings is 2. The summed E-state index contributed by atoms with van der Waals surface area (Å²) in [5, 5.41) is 4.73. The van der Waals surface area contributed by atoms with Crippen LogP contribution in [0.5, 0.6) is 0 Å². The maximum absolute atomic E-state index is 4.95. The van der Waals surface area contributed by atoms with Gasteiger partial charge in [-0.25, -0.2) is 4.98 Å². The van der Waals surface area contributed by atoms with Crippen molar-refractivity contribution in [3.63, 3.8) is 0 Å². The van der Waals surface area contributed by atoms with Gasteiger partial charge in [-0.2, -0.15) is 0 Å². The molecule has 2 aliphatic rings. The van der Waals surface area contributed by atoms with Crippen molar-refractivity contribution in [2.24, 2.45) is 10.9 Å². The molecule has 31 heavy (non-hydrogen) atoms. The van der Waals surface area contributed by atoms with Crippen LogP contribution < -0.4 is 5.32 Å². The second kappa shape index (κ2) is 12.2. The van der Waals surface area contributed by atoms with Gasteiger partial charge in [0.15, 0.2) is 5.96 Å². The summed E-state index contributed by atoms with van der Waals surface area (Å²) in [6.45, 7) is 10.5. The fraction of sp³-hybridized carbons (Fsp3) is 0.583. The first-order chi connectivity index (χ1) is 14.7. The van der Waals surface area contributed by atoms with E-state index in [1.54, 1.807) is 11.3 Å². The number of nitrogens with zero attached hydrogens (tertiary/aromatic N) is 4. The highest BCUT2D eigenvalue weighted by Crippen LogP contribution is 2.31. The predicted molar refractivity (Wildman–Crippen MR) is 142 cm³/mol. The summed E-state index contributed by atoms with van der Waals surface area (Å²) in [7, 11) is 0. The number of fused-ring (bicyclic) bond motifs is 1. The SMILES string of the molecule is CCNC(=NCCc1ncc(C)s1)N1CCC2C(CCCN2Cc2ccccc2)C1.I. The van der Waals surface area contributed by atoms with Crippen molar-refractivity contribution >= 4 is 41.3 Å². The molecule has 2 unspecified atom stereocenters. The van der Waals surface area contributed by atoms with Crippen molar-refractivity contribution in [2.75, 3.05) is 32.7 Å². The van der Waals surface area contributed by atoms with Crippen molar-refractivity contribution in [3.8, 4) is 0 Å². The van der Waals surface area contributed by atoms with Gasteiger partial charge in [0.05, 0.1) is 5.01 Å². The summed E-state index contributed by atoms with van der Waals surface area (Å²) in [6.07, 6.45) is 6.76. The second-order valence-corrected chi connectivity index (χ2v) is 9.83. The maximum Gasteiger partial charge on any atom is 0.193 e. The van der Waals surface area contributed by atoms with E-state index in [-0.39, 0.29) is 24.0 Å². The zero-order chi connectivity index (χ0) is 20.8. The maximum atomic E-state index is 4.95. The molecule has 1 N–H and O–H groups in total. The number of guanidine groups is 1. The van der Waals surface area contributed by atoms with Gasteiger partial charge in [0, 0.05) is 56.3 Å². The van der Waals surface area contributed by atoms with Crippen LogP contribution in [0.4, 0.5) is 0 Å². The van der Waals surface area contributed by atoms with Crippen LogP contribution in [0.25, 0.3) is 0 Å². The number of benzene rings is 1. The molecule has 2 aromatic rings. The first-order valence-electron chi connectivity index (χ1n) is 11.5. The van der Waals surface area contributed by atoms with Crippen LogP contribution in [-0.2, 0) is 13.0 Å². The van der Waals surface area contributed by atoms with Crippen LogP contribution in [0.2, 0.25) is 0 Å². The van der Waals surface area contributed by atoms with E-state index < -0.39 is 0 Å². The Balaban J connectivity index is 0.00000272. The largest absolute Gasteiger partial charge is 0.357 e. The Morgan fingerprint density at radius 1 is 1.23 bits per heavy atom. The molecule has 4 rings (SSSR count). The van der Waals surface area contributed by atoms with Crippen LogP contribution in [0.1, 0.15) is 41.6 Å². The fourth-order valence-corrected chi connectivity index (χ4v) is 5.69. The Morgan fingerprint density at radius 3 is 2.81 bits per heavy atom. The van der Waals surface area contributed by atoms with Crippen LogP contribution in [-0.4, -0.2) is 59.5 Å². The van der Waals surface area contributed by atoms with Crippen molar-refractivity contribution in [2.45, 2.75) is 52.1 Å². The second-order valence-electron chi connectivity index (χ2n) is 8.51. The van der Waals surface area contributed by atoms with E-state index in [0.717, 1.165) is 51.0 Å². The molecule has 2 fully saturated rings. The minimum Gasteiger partial charge on any atom is -0.357 e. The minimum absolute atomic E-state index is 0. The van der Waals surface area contributed by atoms with Gasteiger partial charge in [-0.3, -0.25) is 9.89 Å². The lowest BCUT2D eigenvalue weighted by Gasteiger charge is -2.48. The topological polar surface area (TPSA) is 43.8 Å². The van der Waals surface area contributed by atoms with Crippen molar-refractivity contribution in [1.29, 1.82) is 0 Å². The molecule has 0 spiro atoms. The summed E-state index contributed by atoms with van der Waals surface area (Å²) in [5.41, 5.74) is 1.44. The number of thiazole rings is 1. The quantitative estimate of drug-likeness (QED) is 0.324. The third kappa shape index (κ3) is 6.65. The number of aliphatic imine (C=N–C) groups is 1. The van der Waals surface area contributed by atoms with E-state index in [4.69, 9.17) is 4.99 Å².